The molecule has 0 aliphatic heterocycles. The molecular weight excluding hydrogens is 373 g/mol. The summed E-state index contributed by atoms with van der Waals surface area (Å²) in [7, 11) is 0. The number of carbonyl (C=O) groups is 2. The Morgan fingerprint density at radius 3 is 2.67 bits per heavy atom. The SMILES string of the molecule is CCOc1ccc(Cl)cc1C=NNC(=O)CCC(=O)Nc1ccccc1F. The van der Waals surface area contributed by atoms with Crippen LogP contribution in [-0.2, 0) is 9.59 Å². The van der Waals surface area contributed by atoms with Crippen molar-refractivity contribution in [3.05, 3.63) is 58.9 Å². The first-order valence-electron chi connectivity index (χ1n) is 8.28. The number of para-hydroxylation sites is 1. The van der Waals surface area contributed by atoms with E-state index in [1.807, 2.05) is 6.92 Å². The second-order valence-electron chi connectivity index (χ2n) is 5.44. The highest BCUT2D eigenvalue weighted by Gasteiger charge is 2.09. The number of halogens is 2. The molecule has 2 aromatic carbocycles. The molecule has 2 aromatic rings. The number of rotatable bonds is 8. The van der Waals surface area contributed by atoms with Gasteiger partial charge in [0.15, 0.2) is 0 Å². The van der Waals surface area contributed by atoms with E-state index in [0.29, 0.717) is 22.9 Å². The van der Waals surface area contributed by atoms with Crippen molar-refractivity contribution in [1.82, 2.24) is 5.43 Å². The average Bonchev–Trinajstić information content (AvgIpc) is 2.64. The van der Waals surface area contributed by atoms with Gasteiger partial charge in [-0.2, -0.15) is 5.10 Å². The molecule has 0 aliphatic carbocycles. The Kier molecular flexibility index (Phi) is 7.76. The number of anilines is 1. The van der Waals surface area contributed by atoms with E-state index in [2.05, 4.69) is 15.8 Å². The Balaban J connectivity index is 1.82. The number of ether oxygens (including phenoxy) is 1. The molecule has 8 heteroatoms. The highest BCUT2D eigenvalue weighted by molar-refractivity contribution is 6.30. The fourth-order valence-corrected chi connectivity index (χ4v) is 2.32. The quantitative estimate of drug-likeness (QED) is 0.531. The molecule has 6 nitrogen and oxygen atoms in total. The highest BCUT2D eigenvalue weighted by Crippen LogP contribution is 2.21. The molecular formula is C19H19ClFN3O3. The predicted octanol–water partition coefficient (Wildman–Crippen LogP) is 3.75. The van der Waals surface area contributed by atoms with E-state index < -0.39 is 17.6 Å². The van der Waals surface area contributed by atoms with Gasteiger partial charge < -0.3 is 10.1 Å². The van der Waals surface area contributed by atoms with Crippen LogP contribution < -0.4 is 15.5 Å². The summed E-state index contributed by atoms with van der Waals surface area (Å²) in [5, 5.41) is 6.77. The summed E-state index contributed by atoms with van der Waals surface area (Å²) >= 11 is 5.94. The molecule has 0 unspecified atom stereocenters. The monoisotopic (exact) mass is 391 g/mol. The standard InChI is InChI=1S/C19H19ClFN3O3/c1-2-27-17-8-7-14(20)11-13(17)12-22-24-19(26)10-9-18(25)23-16-6-4-3-5-15(16)21/h3-8,11-12H,2,9-10H2,1H3,(H,23,25)(H,24,26). The maximum Gasteiger partial charge on any atom is 0.240 e. The number of hydrazone groups is 1. The molecule has 0 aromatic heterocycles. The maximum atomic E-state index is 13.5. The summed E-state index contributed by atoms with van der Waals surface area (Å²) in [6.45, 7) is 2.33. The molecule has 0 bridgehead atoms. The predicted molar refractivity (Wildman–Crippen MR) is 103 cm³/mol. The number of benzene rings is 2. The second-order valence-corrected chi connectivity index (χ2v) is 5.87. The number of hydrogen-bond acceptors (Lipinski definition) is 4. The van der Waals surface area contributed by atoms with Crippen LogP contribution in [0.2, 0.25) is 5.02 Å². The zero-order valence-corrected chi connectivity index (χ0v) is 15.4. The Hall–Kier alpha value is -2.93. The molecule has 0 radical (unpaired) electrons. The minimum Gasteiger partial charge on any atom is -0.493 e. The van der Waals surface area contributed by atoms with Crippen LogP contribution in [0, 0.1) is 5.82 Å². The van der Waals surface area contributed by atoms with Crippen molar-refractivity contribution in [2.75, 3.05) is 11.9 Å². The van der Waals surface area contributed by atoms with Gasteiger partial charge in [0, 0.05) is 23.4 Å². The Morgan fingerprint density at radius 2 is 1.93 bits per heavy atom. The van der Waals surface area contributed by atoms with Crippen molar-refractivity contribution in [1.29, 1.82) is 0 Å². The van der Waals surface area contributed by atoms with Crippen LogP contribution in [0.5, 0.6) is 5.75 Å². The molecule has 0 saturated heterocycles. The lowest BCUT2D eigenvalue weighted by Crippen LogP contribution is -2.21. The lowest BCUT2D eigenvalue weighted by atomic mass is 10.2. The van der Waals surface area contributed by atoms with E-state index in [4.69, 9.17) is 16.3 Å². The van der Waals surface area contributed by atoms with E-state index in [1.165, 1.54) is 24.4 Å². The van der Waals surface area contributed by atoms with E-state index in [0.717, 1.165) is 0 Å². The van der Waals surface area contributed by atoms with Crippen molar-refractivity contribution >= 4 is 35.3 Å². The zero-order chi connectivity index (χ0) is 19.6. The van der Waals surface area contributed by atoms with Crippen LogP contribution in [0.25, 0.3) is 0 Å². The Morgan fingerprint density at radius 1 is 1.19 bits per heavy atom. The summed E-state index contributed by atoms with van der Waals surface area (Å²) in [5.41, 5.74) is 3.02. The van der Waals surface area contributed by atoms with Gasteiger partial charge in [0.1, 0.15) is 11.6 Å². The molecule has 0 aliphatic rings. The Bertz CT molecular complexity index is 843. The van der Waals surface area contributed by atoms with Crippen molar-refractivity contribution in [3.8, 4) is 5.75 Å². The van der Waals surface area contributed by atoms with Gasteiger partial charge in [0.05, 0.1) is 18.5 Å². The smallest absolute Gasteiger partial charge is 0.240 e. The number of hydrogen-bond donors (Lipinski definition) is 2. The van der Waals surface area contributed by atoms with Crippen LogP contribution >= 0.6 is 11.6 Å². The normalized spacial score (nSPS) is 10.6. The second kappa shape index (κ2) is 10.3. The third-order valence-corrected chi connectivity index (χ3v) is 3.63. The maximum absolute atomic E-state index is 13.5. The summed E-state index contributed by atoms with van der Waals surface area (Å²) in [5.74, 6) is -0.863. The minimum atomic E-state index is -0.536. The third kappa shape index (κ3) is 6.71. The van der Waals surface area contributed by atoms with E-state index in [-0.39, 0.29) is 18.5 Å². The first kappa shape index (κ1) is 20.4. The summed E-state index contributed by atoms with van der Waals surface area (Å²) < 4.78 is 18.9. The molecule has 0 heterocycles. The van der Waals surface area contributed by atoms with E-state index >= 15 is 0 Å². The highest BCUT2D eigenvalue weighted by atomic mass is 35.5. The van der Waals surface area contributed by atoms with Gasteiger partial charge in [-0.05, 0) is 37.3 Å². The van der Waals surface area contributed by atoms with E-state index in [9.17, 15) is 14.0 Å². The molecule has 142 valence electrons. The molecule has 0 saturated carbocycles. The van der Waals surface area contributed by atoms with Crippen LogP contribution in [0.3, 0.4) is 0 Å². The van der Waals surface area contributed by atoms with E-state index in [1.54, 1.807) is 24.3 Å². The van der Waals surface area contributed by atoms with Crippen LogP contribution in [0.1, 0.15) is 25.3 Å². The lowest BCUT2D eigenvalue weighted by molar-refractivity contribution is -0.124. The molecule has 0 spiro atoms. The number of nitrogens with zero attached hydrogens (tertiary/aromatic N) is 1. The number of amides is 2. The largest absolute Gasteiger partial charge is 0.493 e. The van der Waals surface area contributed by atoms with Gasteiger partial charge in [-0.25, -0.2) is 9.82 Å². The summed E-state index contributed by atoms with van der Waals surface area (Å²) in [6, 6.07) is 10.9. The lowest BCUT2D eigenvalue weighted by Gasteiger charge is -2.07. The fourth-order valence-electron chi connectivity index (χ4n) is 2.14. The van der Waals surface area contributed by atoms with Gasteiger partial charge in [-0.3, -0.25) is 9.59 Å². The van der Waals surface area contributed by atoms with Crippen molar-refractivity contribution in [3.63, 3.8) is 0 Å². The minimum absolute atomic E-state index is 0.0744. The number of carbonyl (C=O) groups excluding carboxylic acids is 2. The fraction of sp³-hybridized carbons (Fsp3) is 0.211. The first-order chi connectivity index (χ1) is 13.0. The van der Waals surface area contributed by atoms with Crippen molar-refractivity contribution in [2.24, 2.45) is 5.10 Å². The van der Waals surface area contributed by atoms with Crippen LogP contribution in [0.15, 0.2) is 47.6 Å². The molecule has 2 N–H and O–H groups in total. The van der Waals surface area contributed by atoms with Gasteiger partial charge in [-0.15, -0.1) is 0 Å². The number of nitrogens with one attached hydrogen (secondary N) is 2. The van der Waals surface area contributed by atoms with Crippen LogP contribution in [0.4, 0.5) is 10.1 Å². The topological polar surface area (TPSA) is 79.8 Å². The summed E-state index contributed by atoms with van der Waals surface area (Å²) in [4.78, 5) is 23.6. The summed E-state index contributed by atoms with van der Waals surface area (Å²) in [6.07, 6.45) is 1.22. The van der Waals surface area contributed by atoms with Crippen LogP contribution in [-0.4, -0.2) is 24.6 Å². The zero-order valence-electron chi connectivity index (χ0n) is 14.7. The third-order valence-electron chi connectivity index (χ3n) is 3.39. The average molecular weight is 392 g/mol. The van der Waals surface area contributed by atoms with Gasteiger partial charge in [0.25, 0.3) is 0 Å². The molecule has 2 rings (SSSR count). The molecule has 0 atom stereocenters. The van der Waals surface area contributed by atoms with Gasteiger partial charge in [0.2, 0.25) is 11.8 Å². The first-order valence-corrected chi connectivity index (χ1v) is 8.66. The Labute approximate surface area is 161 Å². The van der Waals surface area contributed by atoms with Crippen molar-refractivity contribution in [2.45, 2.75) is 19.8 Å². The van der Waals surface area contributed by atoms with Gasteiger partial charge >= 0.3 is 0 Å². The van der Waals surface area contributed by atoms with Gasteiger partial charge in [-0.1, -0.05) is 23.7 Å². The molecule has 0 fully saturated rings. The molecule has 27 heavy (non-hydrogen) atoms. The van der Waals surface area contributed by atoms with Crippen molar-refractivity contribution < 1.29 is 18.7 Å². The molecule has 2 amide bonds.